The van der Waals surface area contributed by atoms with Crippen LogP contribution in [0.1, 0.15) is 28.8 Å². The number of furan rings is 1. The van der Waals surface area contributed by atoms with E-state index in [-0.39, 0.29) is 17.4 Å². The molecule has 5 nitrogen and oxygen atoms in total. The topological polar surface area (TPSA) is 68.5 Å². The van der Waals surface area contributed by atoms with Gasteiger partial charge < -0.3 is 14.5 Å². The summed E-state index contributed by atoms with van der Waals surface area (Å²) in [6.45, 7) is 2.90. The van der Waals surface area contributed by atoms with Crippen LogP contribution < -0.4 is 10.1 Å². The monoisotopic (exact) mass is 417 g/mol. The Bertz CT molecular complexity index is 969. The van der Waals surface area contributed by atoms with E-state index in [0.29, 0.717) is 28.8 Å². The first-order valence-electron chi connectivity index (χ1n) is 8.78. The highest BCUT2D eigenvalue weighted by atomic mass is 35.5. The molecule has 1 heterocycles. The average Bonchev–Trinajstić information content (AvgIpc) is 3.16. The molecule has 28 heavy (non-hydrogen) atoms. The van der Waals surface area contributed by atoms with Gasteiger partial charge in [0.25, 0.3) is 5.91 Å². The van der Waals surface area contributed by atoms with E-state index < -0.39 is 10.8 Å². The maximum Gasteiger partial charge on any atom is 0.287 e. The first-order valence-corrected chi connectivity index (χ1v) is 10.5. The summed E-state index contributed by atoms with van der Waals surface area (Å²) in [5, 5.41) is 3.25. The van der Waals surface area contributed by atoms with E-state index in [9.17, 15) is 9.00 Å². The van der Waals surface area contributed by atoms with Gasteiger partial charge in [-0.05, 0) is 48.9 Å². The fourth-order valence-corrected chi connectivity index (χ4v) is 4.03. The maximum absolute atomic E-state index is 12.5. The van der Waals surface area contributed by atoms with Crippen molar-refractivity contribution in [2.45, 2.75) is 24.1 Å². The first kappa shape index (κ1) is 20.2. The van der Waals surface area contributed by atoms with Crippen molar-refractivity contribution >= 4 is 28.3 Å². The summed E-state index contributed by atoms with van der Waals surface area (Å²) >= 11 is 6.07. The Morgan fingerprint density at radius 1 is 1.11 bits per heavy atom. The molecule has 3 rings (SSSR count). The lowest BCUT2D eigenvalue weighted by Gasteiger charge is -2.06. The number of hydrogen-bond donors (Lipinski definition) is 1. The van der Waals surface area contributed by atoms with Crippen molar-refractivity contribution in [2.75, 3.05) is 6.61 Å². The highest BCUT2D eigenvalue weighted by molar-refractivity contribution is 7.84. The molecular formula is C21H20ClNO4S. The lowest BCUT2D eigenvalue weighted by atomic mass is 10.2. The van der Waals surface area contributed by atoms with E-state index in [4.69, 9.17) is 20.8 Å². The van der Waals surface area contributed by atoms with E-state index in [2.05, 4.69) is 5.32 Å². The van der Waals surface area contributed by atoms with Gasteiger partial charge in [0.1, 0.15) is 11.5 Å². The molecule has 0 aliphatic heterocycles. The largest absolute Gasteiger partial charge is 0.494 e. The third-order valence-electron chi connectivity index (χ3n) is 3.93. The zero-order valence-electron chi connectivity index (χ0n) is 15.3. The van der Waals surface area contributed by atoms with Crippen LogP contribution in [0.2, 0.25) is 5.02 Å². The van der Waals surface area contributed by atoms with Gasteiger partial charge in [-0.2, -0.15) is 0 Å². The van der Waals surface area contributed by atoms with Crippen molar-refractivity contribution in [1.29, 1.82) is 0 Å². The molecule has 7 heteroatoms. The maximum atomic E-state index is 12.5. The third-order valence-corrected chi connectivity index (χ3v) is 5.76. The van der Waals surface area contributed by atoms with E-state index in [1.807, 2.05) is 31.2 Å². The van der Waals surface area contributed by atoms with E-state index >= 15 is 0 Å². The Kier molecular flexibility index (Phi) is 6.90. The standard InChI is InChI=1S/C21H20ClNO4S/c1-2-26-16-9-7-15(8-10-16)13-23-21(24)19-12-11-17(27-19)14-28(25)20-6-4-3-5-18(20)22/h3-12H,2,13-14H2,1H3,(H,23,24)/t28-/m0/s1. The molecule has 0 radical (unpaired) electrons. The molecule has 0 unspecified atom stereocenters. The van der Waals surface area contributed by atoms with Crippen molar-refractivity contribution in [3.05, 3.63) is 82.8 Å². The summed E-state index contributed by atoms with van der Waals surface area (Å²) < 4.78 is 23.4. The predicted octanol–water partition coefficient (Wildman–Crippen LogP) is 4.57. The average molecular weight is 418 g/mol. The van der Waals surface area contributed by atoms with Crippen LogP contribution in [0.25, 0.3) is 0 Å². The van der Waals surface area contributed by atoms with Crippen LogP contribution in [0.5, 0.6) is 5.75 Å². The number of benzene rings is 2. The Morgan fingerprint density at radius 2 is 1.86 bits per heavy atom. The molecule has 0 aliphatic rings. The molecule has 1 aromatic heterocycles. The molecule has 146 valence electrons. The smallest absolute Gasteiger partial charge is 0.287 e. The number of amides is 1. The number of ether oxygens (including phenoxy) is 1. The van der Waals surface area contributed by atoms with Gasteiger partial charge in [0, 0.05) is 6.54 Å². The summed E-state index contributed by atoms with van der Waals surface area (Å²) in [6.07, 6.45) is 0. The molecule has 2 aromatic carbocycles. The summed E-state index contributed by atoms with van der Waals surface area (Å²) in [4.78, 5) is 12.8. The van der Waals surface area contributed by atoms with Crippen molar-refractivity contribution < 1.29 is 18.2 Å². The number of rotatable bonds is 8. The minimum atomic E-state index is -1.35. The van der Waals surface area contributed by atoms with Crippen LogP contribution in [0.3, 0.4) is 0 Å². The van der Waals surface area contributed by atoms with Crippen molar-refractivity contribution in [3.63, 3.8) is 0 Å². The van der Waals surface area contributed by atoms with Crippen LogP contribution in [-0.4, -0.2) is 16.7 Å². The molecule has 0 saturated heterocycles. The number of hydrogen-bond acceptors (Lipinski definition) is 4. The Labute approximate surface area is 171 Å². The van der Waals surface area contributed by atoms with Crippen molar-refractivity contribution in [3.8, 4) is 5.75 Å². The third kappa shape index (κ3) is 5.24. The summed E-state index contributed by atoms with van der Waals surface area (Å²) in [5.41, 5.74) is 0.948. The van der Waals surface area contributed by atoms with Gasteiger partial charge in [0.15, 0.2) is 5.76 Å². The molecule has 1 N–H and O–H groups in total. The van der Waals surface area contributed by atoms with Crippen molar-refractivity contribution in [1.82, 2.24) is 5.32 Å². The second kappa shape index (κ2) is 9.57. The number of carbonyl (C=O) groups is 1. The molecule has 0 fully saturated rings. The molecule has 1 atom stereocenters. The fourth-order valence-electron chi connectivity index (χ4n) is 2.55. The number of nitrogens with one attached hydrogen (secondary N) is 1. The minimum Gasteiger partial charge on any atom is -0.494 e. The summed E-state index contributed by atoms with van der Waals surface area (Å²) in [5.74, 6) is 1.25. The van der Waals surface area contributed by atoms with Gasteiger partial charge in [0.05, 0.1) is 33.1 Å². The summed E-state index contributed by atoms with van der Waals surface area (Å²) in [6, 6.07) is 17.7. The molecule has 1 amide bonds. The predicted molar refractivity (Wildman–Crippen MR) is 109 cm³/mol. The van der Waals surface area contributed by atoms with Gasteiger partial charge in [-0.15, -0.1) is 0 Å². The molecule has 0 spiro atoms. The zero-order chi connectivity index (χ0) is 19.9. The van der Waals surface area contributed by atoms with E-state index in [0.717, 1.165) is 11.3 Å². The summed E-state index contributed by atoms with van der Waals surface area (Å²) in [7, 11) is -1.35. The van der Waals surface area contributed by atoms with Gasteiger partial charge in [-0.1, -0.05) is 35.9 Å². The van der Waals surface area contributed by atoms with Gasteiger partial charge in [-0.25, -0.2) is 0 Å². The number of halogens is 1. The first-order chi connectivity index (χ1) is 13.6. The van der Waals surface area contributed by atoms with Crippen LogP contribution in [0.4, 0.5) is 0 Å². The van der Waals surface area contributed by atoms with Crippen LogP contribution in [-0.2, 0) is 23.1 Å². The van der Waals surface area contributed by atoms with Crippen LogP contribution in [0, 0.1) is 0 Å². The number of carbonyl (C=O) groups excluding carboxylic acids is 1. The SMILES string of the molecule is CCOc1ccc(CNC(=O)c2ccc(C[S@](=O)c3ccccc3Cl)o2)cc1. The molecule has 0 bridgehead atoms. The normalized spacial score (nSPS) is 11.8. The lowest BCUT2D eigenvalue weighted by molar-refractivity contribution is 0.0921. The lowest BCUT2D eigenvalue weighted by Crippen LogP contribution is -2.22. The Hall–Kier alpha value is -2.57. The fraction of sp³-hybridized carbons (Fsp3) is 0.190. The van der Waals surface area contributed by atoms with E-state index in [1.54, 1.807) is 36.4 Å². The van der Waals surface area contributed by atoms with E-state index in [1.165, 1.54) is 0 Å². The zero-order valence-corrected chi connectivity index (χ0v) is 16.9. The van der Waals surface area contributed by atoms with Crippen LogP contribution >= 0.6 is 11.6 Å². The Morgan fingerprint density at radius 3 is 2.57 bits per heavy atom. The van der Waals surface area contributed by atoms with Gasteiger partial charge in [-0.3, -0.25) is 9.00 Å². The molecule has 0 saturated carbocycles. The second-order valence-corrected chi connectivity index (χ2v) is 7.77. The highest BCUT2D eigenvalue weighted by Gasteiger charge is 2.15. The molecule has 3 aromatic rings. The second-order valence-electron chi connectivity index (χ2n) is 5.95. The Balaban J connectivity index is 1.56. The highest BCUT2D eigenvalue weighted by Crippen LogP contribution is 2.22. The van der Waals surface area contributed by atoms with Crippen molar-refractivity contribution in [2.24, 2.45) is 0 Å². The minimum absolute atomic E-state index is 0.149. The van der Waals surface area contributed by atoms with Gasteiger partial charge in [0.2, 0.25) is 0 Å². The molecule has 0 aliphatic carbocycles. The molecular weight excluding hydrogens is 398 g/mol. The van der Waals surface area contributed by atoms with Crippen LogP contribution in [0.15, 0.2) is 70.0 Å². The van der Waals surface area contributed by atoms with Gasteiger partial charge >= 0.3 is 0 Å². The quantitative estimate of drug-likeness (QED) is 0.583.